The Morgan fingerprint density at radius 3 is 2.61 bits per heavy atom. The summed E-state index contributed by atoms with van der Waals surface area (Å²) in [4.78, 5) is 8.91. The third-order valence-corrected chi connectivity index (χ3v) is 3.22. The molecule has 2 heterocycles. The van der Waals surface area contributed by atoms with E-state index in [1.807, 2.05) is 24.0 Å². The van der Waals surface area contributed by atoms with E-state index in [4.69, 9.17) is 11.6 Å². The number of hydrogen-bond acceptors (Lipinski definition) is 3. The van der Waals surface area contributed by atoms with Gasteiger partial charge in [-0.05, 0) is 13.8 Å². The van der Waals surface area contributed by atoms with E-state index in [0.29, 0.717) is 5.15 Å². The van der Waals surface area contributed by atoms with E-state index in [2.05, 4.69) is 35.8 Å². The summed E-state index contributed by atoms with van der Waals surface area (Å²) in [5.41, 5.74) is 2.76. The fourth-order valence-corrected chi connectivity index (χ4v) is 1.88. The summed E-state index contributed by atoms with van der Waals surface area (Å²) < 4.78 is 1.87. The minimum atomic E-state index is 0.253. The Labute approximate surface area is 112 Å². The average molecular weight is 265 g/mol. The second-order valence-electron chi connectivity index (χ2n) is 4.59. The van der Waals surface area contributed by atoms with Crippen molar-refractivity contribution in [2.45, 2.75) is 40.2 Å². The fraction of sp³-hybridized carbons (Fsp3) is 0.462. The van der Waals surface area contributed by atoms with Gasteiger partial charge in [-0.15, -0.1) is 0 Å². The molecular formula is C13H17ClN4. The molecule has 2 aromatic heterocycles. The van der Waals surface area contributed by atoms with Crippen molar-refractivity contribution in [3.05, 3.63) is 28.9 Å². The number of hydrogen-bond donors (Lipinski definition) is 0. The lowest BCUT2D eigenvalue weighted by molar-refractivity contribution is 0.660. The number of halogens is 1. The second kappa shape index (κ2) is 5.06. The molecule has 96 valence electrons. The average Bonchev–Trinajstić information content (AvgIpc) is 2.80. The first-order chi connectivity index (χ1) is 8.52. The lowest BCUT2D eigenvalue weighted by Crippen LogP contribution is -2.02. The highest BCUT2D eigenvalue weighted by Crippen LogP contribution is 2.27. The zero-order valence-corrected chi connectivity index (χ0v) is 11.9. The highest BCUT2D eigenvalue weighted by molar-refractivity contribution is 6.30. The summed E-state index contributed by atoms with van der Waals surface area (Å²) in [7, 11) is 0. The molecule has 4 nitrogen and oxygen atoms in total. The van der Waals surface area contributed by atoms with Crippen molar-refractivity contribution in [3.63, 3.8) is 0 Å². The van der Waals surface area contributed by atoms with Crippen LogP contribution in [0.15, 0.2) is 12.4 Å². The Morgan fingerprint density at radius 1 is 1.33 bits per heavy atom. The van der Waals surface area contributed by atoms with E-state index < -0.39 is 0 Å². The van der Waals surface area contributed by atoms with Gasteiger partial charge in [-0.2, -0.15) is 5.10 Å². The van der Waals surface area contributed by atoms with E-state index >= 15 is 0 Å². The third kappa shape index (κ3) is 2.38. The van der Waals surface area contributed by atoms with Crippen molar-refractivity contribution in [2.24, 2.45) is 0 Å². The van der Waals surface area contributed by atoms with Gasteiger partial charge in [-0.1, -0.05) is 25.4 Å². The Kier molecular flexibility index (Phi) is 3.66. The lowest BCUT2D eigenvalue weighted by atomic mass is 10.1. The standard InChI is InChI=1S/C13H17ClN4/c1-5-18-7-10(6-15-18)11-9(4)12(14)17-13(16-11)8(2)3/h6-8H,5H2,1-4H3. The molecule has 18 heavy (non-hydrogen) atoms. The summed E-state index contributed by atoms with van der Waals surface area (Å²) >= 11 is 6.18. The Hall–Kier alpha value is -1.42. The topological polar surface area (TPSA) is 43.6 Å². The predicted octanol–water partition coefficient (Wildman–Crippen LogP) is 3.45. The van der Waals surface area contributed by atoms with Crippen LogP contribution >= 0.6 is 11.6 Å². The molecular weight excluding hydrogens is 248 g/mol. The quantitative estimate of drug-likeness (QED) is 0.798. The van der Waals surface area contributed by atoms with E-state index in [1.165, 1.54) is 0 Å². The van der Waals surface area contributed by atoms with E-state index in [0.717, 1.165) is 29.2 Å². The molecule has 0 bridgehead atoms. The summed E-state index contributed by atoms with van der Waals surface area (Å²) in [5.74, 6) is 1.02. The van der Waals surface area contributed by atoms with Gasteiger partial charge in [0.05, 0.1) is 11.9 Å². The maximum atomic E-state index is 6.18. The first-order valence-electron chi connectivity index (χ1n) is 6.09. The minimum absolute atomic E-state index is 0.253. The van der Waals surface area contributed by atoms with Crippen molar-refractivity contribution < 1.29 is 0 Å². The molecule has 0 saturated carbocycles. The molecule has 0 amide bonds. The maximum Gasteiger partial charge on any atom is 0.136 e. The number of rotatable bonds is 3. The summed E-state index contributed by atoms with van der Waals surface area (Å²) in [6, 6.07) is 0. The molecule has 0 unspecified atom stereocenters. The largest absolute Gasteiger partial charge is 0.272 e. The number of aromatic nitrogens is 4. The van der Waals surface area contributed by atoms with Gasteiger partial charge in [0.25, 0.3) is 0 Å². The smallest absolute Gasteiger partial charge is 0.136 e. The molecule has 0 fully saturated rings. The van der Waals surface area contributed by atoms with Crippen molar-refractivity contribution in [1.82, 2.24) is 19.7 Å². The summed E-state index contributed by atoms with van der Waals surface area (Å²) in [5, 5.41) is 4.79. The molecule has 0 spiro atoms. The molecule has 0 atom stereocenters. The second-order valence-corrected chi connectivity index (χ2v) is 4.94. The van der Waals surface area contributed by atoms with Crippen molar-refractivity contribution in [3.8, 4) is 11.3 Å². The van der Waals surface area contributed by atoms with Crippen LogP contribution in [0.4, 0.5) is 0 Å². The Balaban J connectivity index is 2.55. The monoisotopic (exact) mass is 264 g/mol. The zero-order valence-electron chi connectivity index (χ0n) is 11.1. The van der Waals surface area contributed by atoms with Gasteiger partial charge in [0.2, 0.25) is 0 Å². The molecule has 2 aromatic rings. The molecule has 0 aliphatic carbocycles. The molecule has 0 aromatic carbocycles. The van der Waals surface area contributed by atoms with Gasteiger partial charge >= 0.3 is 0 Å². The van der Waals surface area contributed by atoms with Crippen LogP contribution in [-0.4, -0.2) is 19.7 Å². The van der Waals surface area contributed by atoms with Crippen LogP contribution in [0.1, 0.15) is 38.1 Å². The summed E-state index contributed by atoms with van der Waals surface area (Å²) in [6.07, 6.45) is 3.80. The van der Waals surface area contributed by atoms with Gasteiger partial charge in [-0.25, -0.2) is 9.97 Å². The maximum absolute atomic E-state index is 6.18. The first kappa shape index (κ1) is 13.0. The van der Waals surface area contributed by atoms with Crippen LogP contribution in [0.2, 0.25) is 5.15 Å². The number of nitrogens with zero attached hydrogens (tertiary/aromatic N) is 4. The molecule has 0 aliphatic rings. The van der Waals surface area contributed by atoms with E-state index in [9.17, 15) is 0 Å². The molecule has 0 N–H and O–H groups in total. The molecule has 5 heteroatoms. The lowest BCUT2D eigenvalue weighted by Gasteiger charge is -2.09. The zero-order chi connectivity index (χ0) is 13.3. The SMILES string of the molecule is CCn1cc(-c2nc(C(C)C)nc(Cl)c2C)cn1. The highest BCUT2D eigenvalue weighted by atomic mass is 35.5. The van der Waals surface area contributed by atoms with Crippen LogP contribution in [-0.2, 0) is 6.54 Å². The highest BCUT2D eigenvalue weighted by Gasteiger charge is 2.14. The van der Waals surface area contributed by atoms with Gasteiger partial charge in [-0.3, -0.25) is 4.68 Å². The van der Waals surface area contributed by atoms with Gasteiger partial charge < -0.3 is 0 Å². The van der Waals surface area contributed by atoms with Crippen molar-refractivity contribution in [1.29, 1.82) is 0 Å². The molecule has 2 rings (SSSR count). The predicted molar refractivity (Wildman–Crippen MR) is 72.8 cm³/mol. The summed E-state index contributed by atoms with van der Waals surface area (Å²) in [6.45, 7) is 8.94. The van der Waals surface area contributed by atoms with Gasteiger partial charge in [0.15, 0.2) is 0 Å². The van der Waals surface area contributed by atoms with Crippen LogP contribution in [0.3, 0.4) is 0 Å². The Bertz CT molecular complexity index is 560. The van der Waals surface area contributed by atoms with Crippen molar-refractivity contribution in [2.75, 3.05) is 0 Å². The third-order valence-electron chi connectivity index (χ3n) is 2.85. The fourth-order valence-electron chi connectivity index (χ4n) is 1.70. The number of aryl methyl sites for hydroxylation is 1. The van der Waals surface area contributed by atoms with Crippen LogP contribution in [0, 0.1) is 6.92 Å². The van der Waals surface area contributed by atoms with Crippen LogP contribution < -0.4 is 0 Å². The molecule has 0 aliphatic heterocycles. The minimum Gasteiger partial charge on any atom is -0.272 e. The van der Waals surface area contributed by atoms with Crippen molar-refractivity contribution >= 4 is 11.6 Å². The molecule has 0 radical (unpaired) electrons. The van der Waals surface area contributed by atoms with Crippen LogP contribution in [0.5, 0.6) is 0 Å². The van der Waals surface area contributed by atoms with Crippen LogP contribution in [0.25, 0.3) is 11.3 Å². The van der Waals surface area contributed by atoms with Gasteiger partial charge in [0, 0.05) is 29.8 Å². The molecule has 0 saturated heterocycles. The normalized spacial score (nSPS) is 11.2. The Morgan fingerprint density at radius 2 is 2.06 bits per heavy atom. The van der Waals surface area contributed by atoms with E-state index in [-0.39, 0.29) is 5.92 Å². The van der Waals surface area contributed by atoms with E-state index in [1.54, 1.807) is 0 Å². The van der Waals surface area contributed by atoms with Gasteiger partial charge in [0.1, 0.15) is 11.0 Å². The first-order valence-corrected chi connectivity index (χ1v) is 6.47.